The highest BCUT2D eigenvalue weighted by Crippen LogP contribution is 2.16. The van der Waals surface area contributed by atoms with E-state index in [4.69, 9.17) is 5.21 Å². The Hall–Kier alpha value is -2.40. The van der Waals surface area contributed by atoms with Crippen LogP contribution in [0.4, 0.5) is 5.69 Å². The second kappa shape index (κ2) is 8.90. The highest BCUT2D eigenvalue weighted by Gasteiger charge is 1.99. The van der Waals surface area contributed by atoms with Crippen LogP contribution >= 0.6 is 0 Å². The predicted octanol–water partition coefficient (Wildman–Crippen LogP) is 3.66. The van der Waals surface area contributed by atoms with Gasteiger partial charge in [0.2, 0.25) is 5.91 Å². The number of nitrogens with zero attached hydrogens (tertiary/aromatic N) is 1. The summed E-state index contributed by atoms with van der Waals surface area (Å²) in [6.45, 7) is 2.86. The average molecular weight is 313 g/mol. The van der Waals surface area contributed by atoms with Crippen molar-refractivity contribution in [2.24, 2.45) is 0 Å². The lowest BCUT2D eigenvalue weighted by molar-refractivity contribution is -0.129. The van der Waals surface area contributed by atoms with Crippen LogP contribution in [0.5, 0.6) is 0 Å². The van der Waals surface area contributed by atoms with E-state index in [9.17, 15) is 4.79 Å². The summed E-state index contributed by atoms with van der Waals surface area (Å²) in [4.78, 5) is 15.3. The van der Waals surface area contributed by atoms with Crippen molar-refractivity contribution in [1.82, 2.24) is 10.5 Å². The van der Waals surface area contributed by atoms with Gasteiger partial charge in [-0.1, -0.05) is 29.8 Å². The number of anilines is 1. The molecule has 2 aromatic rings. The molecule has 122 valence electrons. The molecule has 2 rings (SSSR count). The molecule has 1 aromatic heterocycles. The molecule has 0 saturated heterocycles. The van der Waals surface area contributed by atoms with Crippen LogP contribution in [0.2, 0.25) is 0 Å². The number of para-hydroxylation sites is 1. The molecule has 0 atom stereocenters. The van der Waals surface area contributed by atoms with Gasteiger partial charge in [-0.25, -0.2) is 5.48 Å². The van der Waals surface area contributed by atoms with E-state index < -0.39 is 0 Å². The molecule has 0 aliphatic heterocycles. The molecule has 5 nitrogen and oxygen atoms in total. The highest BCUT2D eigenvalue weighted by atomic mass is 16.5. The molecule has 0 bridgehead atoms. The Morgan fingerprint density at radius 3 is 2.96 bits per heavy atom. The second-order valence-corrected chi connectivity index (χ2v) is 5.60. The van der Waals surface area contributed by atoms with Crippen molar-refractivity contribution in [3.05, 3.63) is 48.2 Å². The van der Waals surface area contributed by atoms with E-state index in [1.54, 1.807) is 5.48 Å². The fraction of sp³-hybridized carbons (Fsp3) is 0.333. The summed E-state index contributed by atoms with van der Waals surface area (Å²) in [6.07, 6.45) is 7.04. The second-order valence-electron chi connectivity index (χ2n) is 5.60. The van der Waals surface area contributed by atoms with E-state index in [0.29, 0.717) is 6.42 Å². The summed E-state index contributed by atoms with van der Waals surface area (Å²) in [5.41, 5.74) is 4.91. The Labute approximate surface area is 136 Å². The van der Waals surface area contributed by atoms with E-state index in [0.717, 1.165) is 42.4 Å². The molecule has 0 fully saturated rings. The number of carbonyl (C=O) groups excluding carboxylic acids is 1. The lowest BCUT2D eigenvalue weighted by Crippen LogP contribution is -2.17. The third kappa shape index (κ3) is 5.71. The first-order valence-corrected chi connectivity index (χ1v) is 7.86. The topological polar surface area (TPSA) is 74.2 Å². The van der Waals surface area contributed by atoms with Crippen molar-refractivity contribution in [3.63, 3.8) is 0 Å². The van der Waals surface area contributed by atoms with Crippen LogP contribution in [0, 0.1) is 0 Å². The molecule has 0 aliphatic rings. The summed E-state index contributed by atoms with van der Waals surface area (Å²) in [6, 6.07) is 10.2. The number of carbonyl (C=O) groups is 1. The number of fused-ring (bicyclic) bond motifs is 1. The number of hydrogen-bond acceptors (Lipinski definition) is 4. The summed E-state index contributed by atoms with van der Waals surface area (Å²) in [7, 11) is 0. The van der Waals surface area contributed by atoms with Crippen molar-refractivity contribution in [3.8, 4) is 0 Å². The van der Waals surface area contributed by atoms with E-state index in [2.05, 4.69) is 35.4 Å². The molecule has 1 aromatic carbocycles. The molecule has 0 saturated carbocycles. The maximum atomic E-state index is 10.9. The third-order valence-electron chi connectivity index (χ3n) is 3.64. The monoisotopic (exact) mass is 313 g/mol. The Kier molecular flexibility index (Phi) is 6.56. The van der Waals surface area contributed by atoms with Crippen molar-refractivity contribution >= 4 is 22.5 Å². The minimum atomic E-state index is -0.323. The Bertz CT molecular complexity index is 683. The Morgan fingerprint density at radius 2 is 2.13 bits per heavy atom. The first kappa shape index (κ1) is 17.0. The molecule has 0 spiro atoms. The number of rotatable bonds is 8. The van der Waals surface area contributed by atoms with Gasteiger partial charge < -0.3 is 5.32 Å². The molecule has 3 N–H and O–H groups in total. The Morgan fingerprint density at radius 1 is 1.30 bits per heavy atom. The fourth-order valence-electron chi connectivity index (χ4n) is 2.32. The van der Waals surface area contributed by atoms with Gasteiger partial charge in [0.15, 0.2) is 0 Å². The maximum absolute atomic E-state index is 10.9. The van der Waals surface area contributed by atoms with Crippen molar-refractivity contribution in [2.45, 2.75) is 32.6 Å². The van der Waals surface area contributed by atoms with Crippen LogP contribution in [0.1, 0.15) is 32.6 Å². The van der Waals surface area contributed by atoms with Gasteiger partial charge in [-0.2, -0.15) is 0 Å². The highest BCUT2D eigenvalue weighted by molar-refractivity contribution is 5.81. The van der Waals surface area contributed by atoms with Crippen molar-refractivity contribution < 1.29 is 10.0 Å². The summed E-state index contributed by atoms with van der Waals surface area (Å²) < 4.78 is 0. The van der Waals surface area contributed by atoms with Crippen LogP contribution in [0.3, 0.4) is 0 Å². The number of allylic oxidation sites excluding steroid dienone is 1. The molecule has 5 heteroatoms. The lowest BCUT2D eigenvalue weighted by Gasteiger charge is -2.07. The van der Waals surface area contributed by atoms with Gasteiger partial charge in [0.25, 0.3) is 0 Å². The van der Waals surface area contributed by atoms with E-state index >= 15 is 0 Å². The van der Waals surface area contributed by atoms with Gasteiger partial charge in [-0.05, 0) is 38.3 Å². The van der Waals surface area contributed by atoms with Crippen LogP contribution < -0.4 is 10.8 Å². The van der Waals surface area contributed by atoms with E-state index in [1.165, 1.54) is 5.57 Å². The van der Waals surface area contributed by atoms with Crippen molar-refractivity contribution in [2.75, 3.05) is 11.9 Å². The van der Waals surface area contributed by atoms with Crippen LogP contribution in [0.15, 0.2) is 48.2 Å². The third-order valence-corrected chi connectivity index (χ3v) is 3.64. The van der Waals surface area contributed by atoms with Crippen LogP contribution in [-0.2, 0) is 4.79 Å². The molecule has 0 radical (unpaired) electrons. The fourth-order valence-corrected chi connectivity index (χ4v) is 2.32. The smallest absolute Gasteiger partial charge is 0.243 e. The number of benzene rings is 1. The lowest BCUT2D eigenvalue weighted by atomic mass is 10.1. The predicted molar refractivity (Wildman–Crippen MR) is 92.4 cm³/mol. The number of hydroxylamine groups is 1. The summed E-state index contributed by atoms with van der Waals surface area (Å²) in [5.74, 6) is -0.323. The molecule has 0 unspecified atom stereocenters. The normalized spacial score (nSPS) is 11.5. The molecular weight excluding hydrogens is 290 g/mol. The minimum Gasteiger partial charge on any atom is -0.380 e. The zero-order valence-corrected chi connectivity index (χ0v) is 13.4. The summed E-state index contributed by atoms with van der Waals surface area (Å²) >= 11 is 0. The van der Waals surface area contributed by atoms with Gasteiger partial charge in [0, 0.05) is 18.4 Å². The zero-order valence-electron chi connectivity index (χ0n) is 13.4. The number of hydrogen-bond donors (Lipinski definition) is 3. The van der Waals surface area contributed by atoms with Gasteiger partial charge >= 0.3 is 0 Å². The summed E-state index contributed by atoms with van der Waals surface area (Å²) in [5, 5.41) is 12.9. The number of aromatic nitrogens is 1. The van der Waals surface area contributed by atoms with Crippen LogP contribution in [0.25, 0.3) is 10.9 Å². The van der Waals surface area contributed by atoms with Gasteiger partial charge in [-0.15, -0.1) is 0 Å². The quantitative estimate of drug-likeness (QED) is 0.301. The molecule has 0 aliphatic carbocycles. The van der Waals surface area contributed by atoms with Crippen molar-refractivity contribution in [1.29, 1.82) is 0 Å². The molecule has 1 amide bonds. The zero-order chi connectivity index (χ0) is 16.5. The number of pyridine rings is 1. The number of unbranched alkanes of at least 4 members (excludes halogenated alkanes) is 2. The van der Waals surface area contributed by atoms with Gasteiger partial charge in [-0.3, -0.25) is 15.0 Å². The first-order chi connectivity index (χ1) is 11.2. The van der Waals surface area contributed by atoms with E-state index in [-0.39, 0.29) is 5.91 Å². The maximum Gasteiger partial charge on any atom is 0.243 e. The van der Waals surface area contributed by atoms with Gasteiger partial charge in [0.05, 0.1) is 17.4 Å². The Balaban J connectivity index is 1.75. The standard InChI is InChI=1S/C18H23N3O2/c1-14(7-3-2-4-10-18(22)21-23)12-19-16-11-15-8-5-6-9-17(15)20-13-16/h5-9,11,13,19,23H,2-4,10,12H2,1H3,(H,21,22)/b14-7+. The van der Waals surface area contributed by atoms with E-state index in [1.807, 2.05) is 24.4 Å². The molecule has 23 heavy (non-hydrogen) atoms. The largest absolute Gasteiger partial charge is 0.380 e. The number of amides is 1. The minimum absolute atomic E-state index is 0.323. The molecular formula is C18H23N3O2. The first-order valence-electron chi connectivity index (χ1n) is 7.86. The average Bonchev–Trinajstić information content (AvgIpc) is 2.59. The van der Waals surface area contributed by atoms with Gasteiger partial charge in [0.1, 0.15) is 0 Å². The number of nitrogens with one attached hydrogen (secondary N) is 2. The molecule has 1 heterocycles. The SMILES string of the molecule is C/C(=C\CCCCC(=O)NO)CNc1cnc2ccccc2c1. The van der Waals surface area contributed by atoms with Crippen LogP contribution in [-0.4, -0.2) is 22.6 Å².